The lowest BCUT2D eigenvalue weighted by molar-refractivity contribution is -0.151. The van der Waals surface area contributed by atoms with Crippen LogP contribution in [-0.4, -0.2) is 43.4 Å². The number of hydrogen-bond acceptors (Lipinski definition) is 7. The molecule has 0 N–H and O–H groups in total. The average molecular weight is 384 g/mol. The Hall–Kier alpha value is -3.26. The first-order valence-corrected chi connectivity index (χ1v) is 8.65. The highest BCUT2D eigenvalue weighted by Crippen LogP contribution is 2.41. The van der Waals surface area contributed by atoms with Crippen molar-refractivity contribution < 1.29 is 23.8 Å². The molecule has 0 spiro atoms. The molecule has 4 unspecified atom stereocenters. The molecule has 0 aliphatic carbocycles. The molecule has 1 heterocycles. The van der Waals surface area contributed by atoms with Gasteiger partial charge in [0.05, 0.1) is 19.5 Å². The van der Waals surface area contributed by atoms with Gasteiger partial charge in [-0.05, 0) is 11.1 Å². The van der Waals surface area contributed by atoms with Crippen molar-refractivity contribution >= 4 is 11.9 Å². The summed E-state index contributed by atoms with van der Waals surface area (Å²) in [6, 6.07) is 16.5. The summed E-state index contributed by atoms with van der Waals surface area (Å²) in [7, 11) is 2.47. The van der Waals surface area contributed by atoms with E-state index in [0.717, 1.165) is 5.01 Å². The van der Waals surface area contributed by atoms with Gasteiger partial charge in [0.15, 0.2) is 12.3 Å². The van der Waals surface area contributed by atoms with Gasteiger partial charge in [0, 0.05) is 0 Å². The molecule has 4 atom stereocenters. The van der Waals surface area contributed by atoms with Crippen LogP contribution < -0.4 is 0 Å². The fourth-order valence-electron chi connectivity index (χ4n) is 3.37. The van der Waals surface area contributed by atoms with Crippen LogP contribution >= 0.6 is 0 Å². The van der Waals surface area contributed by atoms with Crippen LogP contribution in [0.1, 0.15) is 23.1 Å². The van der Waals surface area contributed by atoms with Gasteiger partial charge in [0.2, 0.25) is 0 Å². The molecule has 3 rings (SSSR count). The van der Waals surface area contributed by atoms with Crippen LogP contribution in [0.2, 0.25) is 0 Å². The van der Waals surface area contributed by atoms with E-state index in [1.54, 1.807) is 54.6 Å². The van der Waals surface area contributed by atoms with Gasteiger partial charge in [-0.1, -0.05) is 60.7 Å². The number of carbonyl (C=O) groups is 2. The topological polar surface area (TPSA) is 94.5 Å². The maximum atomic E-state index is 12.6. The highest BCUT2D eigenvalue weighted by molar-refractivity contribution is 5.80. The van der Waals surface area contributed by atoms with Gasteiger partial charge in [0.1, 0.15) is 12.0 Å². The molecule has 0 radical (unpaired) electrons. The zero-order chi connectivity index (χ0) is 20.1. The van der Waals surface area contributed by atoms with Crippen molar-refractivity contribution in [1.82, 2.24) is 5.01 Å². The van der Waals surface area contributed by atoms with Crippen molar-refractivity contribution in [2.45, 2.75) is 24.3 Å². The molecule has 2 aromatic carbocycles. The molecule has 8 nitrogen and oxygen atoms in total. The monoisotopic (exact) mass is 384 g/mol. The molecule has 28 heavy (non-hydrogen) atoms. The molecule has 0 saturated carbocycles. The van der Waals surface area contributed by atoms with Crippen molar-refractivity contribution in [2.24, 2.45) is 5.29 Å². The van der Waals surface area contributed by atoms with Crippen LogP contribution in [0.4, 0.5) is 0 Å². The molecule has 0 bridgehead atoms. The highest BCUT2D eigenvalue weighted by atomic mass is 16.6. The second-order valence-electron chi connectivity index (χ2n) is 6.20. The predicted molar refractivity (Wildman–Crippen MR) is 98.7 cm³/mol. The molecule has 8 heteroatoms. The number of hydrogen-bond donors (Lipinski definition) is 0. The van der Waals surface area contributed by atoms with E-state index < -0.39 is 36.2 Å². The van der Waals surface area contributed by atoms with Crippen LogP contribution in [0.15, 0.2) is 65.9 Å². The lowest BCUT2D eigenvalue weighted by atomic mass is 9.97. The molecule has 146 valence electrons. The van der Waals surface area contributed by atoms with Gasteiger partial charge in [-0.3, -0.25) is 4.79 Å². The zero-order valence-corrected chi connectivity index (χ0v) is 15.4. The zero-order valence-electron chi connectivity index (χ0n) is 15.4. The normalized spacial score (nSPS) is 22.4. The number of nitrogens with zero attached hydrogens (tertiary/aromatic N) is 2. The van der Waals surface area contributed by atoms with Crippen LogP contribution in [0.25, 0.3) is 0 Å². The lowest BCUT2D eigenvalue weighted by Gasteiger charge is -2.26. The Morgan fingerprint density at radius 1 is 1.00 bits per heavy atom. The number of nitroso groups, excluding NO2 is 1. The first-order valence-electron chi connectivity index (χ1n) is 8.65. The summed E-state index contributed by atoms with van der Waals surface area (Å²) in [5.41, 5.74) is 1.23. The summed E-state index contributed by atoms with van der Waals surface area (Å²) in [6.07, 6.45) is -1.98. The van der Waals surface area contributed by atoms with Crippen molar-refractivity contribution in [2.75, 3.05) is 14.2 Å². The Kier molecular flexibility index (Phi) is 6.00. The van der Waals surface area contributed by atoms with E-state index in [1.165, 1.54) is 14.2 Å². The van der Waals surface area contributed by atoms with Crippen molar-refractivity contribution in [3.8, 4) is 0 Å². The average Bonchev–Trinajstić information content (AvgIpc) is 3.13. The van der Waals surface area contributed by atoms with Crippen molar-refractivity contribution in [3.05, 3.63) is 76.7 Å². The first kappa shape index (κ1) is 19.5. The Balaban J connectivity index is 2.07. The van der Waals surface area contributed by atoms with Crippen LogP contribution in [0.5, 0.6) is 0 Å². The van der Waals surface area contributed by atoms with E-state index in [-0.39, 0.29) is 0 Å². The number of esters is 2. The van der Waals surface area contributed by atoms with Gasteiger partial charge in [0.25, 0.3) is 0 Å². The second kappa shape index (κ2) is 8.62. The minimum Gasteiger partial charge on any atom is -0.468 e. The Bertz CT molecular complexity index is 829. The molecule has 1 saturated heterocycles. The number of ether oxygens (including phenoxy) is 3. The third-order valence-electron chi connectivity index (χ3n) is 4.68. The molecule has 1 aliphatic heterocycles. The number of benzene rings is 2. The minimum atomic E-state index is -1.14. The van der Waals surface area contributed by atoms with E-state index >= 15 is 0 Å². The molecule has 1 fully saturated rings. The molecule has 0 amide bonds. The first-order chi connectivity index (χ1) is 13.6. The Morgan fingerprint density at radius 3 is 2.14 bits per heavy atom. The van der Waals surface area contributed by atoms with E-state index in [0.29, 0.717) is 11.1 Å². The lowest BCUT2D eigenvalue weighted by Crippen LogP contribution is -2.43. The van der Waals surface area contributed by atoms with E-state index in [9.17, 15) is 14.5 Å². The van der Waals surface area contributed by atoms with Crippen molar-refractivity contribution in [1.29, 1.82) is 0 Å². The number of carbonyl (C=O) groups excluding carboxylic acids is 2. The maximum absolute atomic E-state index is 12.6. The maximum Gasteiger partial charge on any atom is 0.333 e. The fraction of sp³-hybridized carbons (Fsp3) is 0.300. The van der Waals surface area contributed by atoms with E-state index in [4.69, 9.17) is 14.2 Å². The highest BCUT2D eigenvalue weighted by Gasteiger charge is 2.53. The molecule has 2 aromatic rings. The number of rotatable bonds is 6. The van der Waals surface area contributed by atoms with E-state index in [1.807, 2.05) is 6.07 Å². The summed E-state index contributed by atoms with van der Waals surface area (Å²) in [5.74, 6) is -2.28. The molecular weight excluding hydrogens is 364 g/mol. The molecular formula is C20H20N2O6. The van der Waals surface area contributed by atoms with Gasteiger partial charge >= 0.3 is 11.9 Å². The Morgan fingerprint density at radius 2 is 1.61 bits per heavy atom. The summed E-state index contributed by atoms with van der Waals surface area (Å²) >= 11 is 0. The summed E-state index contributed by atoms with van der Waals surface area (Å²) in [6.45, 7) is 0. The minimum absolute atomic E-state index is 0.574. The van der Waals surface area contributed by atoms with Crippen molar-refractivity contribution in [3.63, 3.8) is 0 Å². The van der Waals surface area contributed by atoms with Gasteiger partial charge in [-0.2, -0.15) is 0 Å². The second-order valence-corrected chi connectivity index (χ2v) is 6.20. The van der Waals surface area contributed by atoms with Gasteiger partial charge in [-0.15, -0.1) is 4.91 Å². The SMILES string of the molecule is COC(=O)C(c1ccccc1)C1OC(c2ccccc2)C(C(=O)OC)N1N=O. The van der Waals surface area contributed by atoms with Gasteiger partial charge < -0.3 is 14.2 Å². The molecule has 1 aliphatic rings. The summed E-state index contributed by atoms with van der Waals surface area (Å²) < 4.78 is 15.8. The van der Waals surface area contributed by atoms with E-state index in [2.05, 4.69) is 5.29 Å². The van der Waals surface area contributed by atoms with Crippen LogP contribution in [0, 0.1) is 4.91 Å². The smallest absolute Gasteiger partial charge is 0.333 e. The van der Waals surface area contributed by atoms with Crippen LogP contribution in [-0.2, 0) is 23.8 Å². The predicted octanol–water partition coefficient (Wildman–Crippen LogP) is 2.57. The van der Waals surface area contributed by atoms with Crippen LogP contribution in [0.3, 0.4) is 0 Å². The fourth-order valence-corrected chi connectivity index (χ4v) is 3.37. The van der Waals surface area contributed by atoms with Gasteiger partial charge in [-0.25, -0.2) is 9.80 Å². The quantitative estimate of drug-likeness (QED) is 0.558. The molecule has 0 aromatic heterocycles. The Labute approximate surface area is 161 Å². The third-order valence-corrected chi connectivity index (χ3v) is 4.68. The summed E-state index contributed by atoms with van der Waals surface area (Å²) in [4.78, 5) is 36.7. The standard InChI is InChI=1S/C20H20N2O6/c1-26-19(23)15(13-9-5-3-6-10-13)18-22(21-25)16(20(24)27-2)17(28-18)14-11-7-4-8-12-14/h3-12,15-18H,1-2H3. The number of methoxy groups -OCH3 is 2. The largest absolute Gasteiger partial charge is 0.468 e. The third kappa shape index (κ3) is 3.59. The summed E-state index contributed by atoms with van der Waals surface area (Å²) in [5, 5.41) is 3.95.